The standard InChI is InChI=1S/C14H19N/c1-11-3-2-4-12-9-14(10-13(11)12)5-7-15-8-6-14/h2-4,15H,5-10H2,1H3. The van der Waals surface area contributed by atoms with E-state index in [1.807, 2.05) is 0 Å². The van der Waals surface area contributed by atoms with E-state index in [1.165, 1.54) is 44.3 Å². The van der Waals surface area contributed by atoms with E-state index in [9.17, 15) is 0 Å². The molecule has 1 spiro atoms. The van der Waals surface area contributed by atoms with Crippen molar-refractivity contribution in [3.8, 4) is 0 Å². The van der Waals surface area contributed by atoms with Gasteiger partial charge in [-0.05, 0) is 67.8 Å². The van der Waals surface area contributed by atoms with Gasteiger partial charge < -0.3 is 5.32 Å². The van der Waals surface area contributed by atoms with Crippen LogP contribution in [0.4, 0.5) is 0 Å². The van der Waals surface area contributed by atoms with Gasteiger partial charge in [-0.25, -0.2) is 0 Å². The first-order valence-corrected chi connectivity index (χ1v) is 6.07. The fourth-order valence-electron chi connectivity index (χ4n) is 3.33. The van der Waals surface area contributed by atoms with Crippen LogP contribution >= 0.6 is 0 Å². The molecule has 1 heterocycles. The maximum absolute atomic E-state index is 3.48. The fourth-order valence-corrected chi connectivity index (χ4v) is 3.33. The Morgan fingerprint density at radius 3 is 2.67 bits per heavy atom. The quantitative estimate of drug-likeness (QED) is 0.680. The highest BCUT2D eigenvalue weighted by molar-refractivity contribution is 5.40. The van der Waals surface area contributed by atoms with Crippen LogP contribution in [0.15, 0.2) is 18.2 Å². The molecule has 0 amide bonds. The fraction of sp³-hybridized carbons (Fsp3) is 0.571. The predicted molar refractivity (Wildman–Crippen MR) is 63.1 cm³/mol. The van der Waals surface area contributed by atoms with Gasteiger partial charge in [0.2, 0.25) is 0 Å². The Morgan fingerprint density at radius 2 is 1.93 bits per heavy atom. The van der Waals surface area contributed by atoms with E-state index in [1.54, 1.807) is 11.1 Å². The van der Waals surface area contributed by atoms with Crippen LogP contribution in [0.5, 0.6) is 0 Å². The summed E-state index contributed by atoms with van der Waals surface area (Å²) in [6.45, 7) is 4.69. The third-order valence-corrected chi connectivity index (χ3v) is 4.29. The van der Waals surface area contributed by atoms with Crippen molar-refractivity contribution >= 4 is 0 Å². The zero-order valence-electron chi connectivity index (χ0n) is 9.47. The second-order valence-corrected chi connectivity index (χ2v) is 5.32. The molecule has 0 atom stereocenters. The molecule has 1 aromatic rings. The lowest BCUT2D eigenvalue weighted by Gasteiger charge is -2.33. The number of benzene rings is 1. The second kappa shape index (κ2) is 3.34. The molecule has 0 aromatic heterocycles. The minimum absolute atomic E-state index is 0.611. The third-order valence-electron chi connectivity index (χ3n) is 4.29. The topological polar surface area (TPSA) is 12.0 Å². The van der Waals surface area contributed by atoms with Gasteiger partial charge in [-0.3, -0.25) is 0 Å². The number of nitrogens with one attached hydrogen (secondary N) is 1. The Balaban J connectivity index is 1.94. The molecule has 1 aliphatic carbocycles. The van der Waals surface area contributed by atoms with Crippen LogP contribution in [0, 0.1) is 12.3 Å². The molecule has 1 aliphatic heterocycles. The largest absolute Gasteiger partial charge is 0.317 e. The van der Waals surface area contributed by atoms with E-state index in [-0.39, 0.29) is 0 Å². The van der Waals surface area contributed by atoms with Crippen LogP contribution in [0.2, 0.25) is 0 Å². The summed E-state index contributed by atoms with van der Waals surface area (Å²) in [6, 6.07) is 6.81. The number of piperidine rings is 1. The van der Waals surface area contributed by atoms with E-state index >= 15 is 0 Å². The Bertz CT molecular complexity index is 375. The van der Waals surface area contributed by atoms with E-state index in [0.29, 0.717) is 5.41 Å². The van der Waals surface area contributed by atoms with Crippen LogP contribution in [0.1, 0.15) is 29.5 Å². The maximum Gasteiger partial charge on any atom is -0.00434 e. The van der Waals surface area contributed by atoms with Gasteiger partial charge >= 0.3 is 0 Å². The SMILES string of the molecule is Cc1cccc2c1CC1(CCNCC1)C2. The summed E-state index contributed by atoms with van der Waals surface area (Å²) in [6.07, 6.45) is 5.38. The summed E-state index contributed by atoms with van der Waals surface area (Å²) in [4.78, 5) is 0. The average Bonchev–Trinajstić information content (AvgIpc) is 2.59. The van der Waals surface area contributed by atoms with Gasteiger partial charge in [-0.15, -0.1) is 0 Å². The van der Waals surface area contributed by atoms with Crippen molar-refractivity contribution in [1.82, 2.24) is 5.32 Å². The molecule has 3 rings (SSSR count). The first-order chi connectivity index (χ1) is 7.29. The first kappa shape index (κ1) is 9.41. The molecule has 1 nitrogen and oxygen atoms in total. The Labute approximate surface area is 91.9 Å². The van der Waals surface area contributed by atoms with Crippen molar-refractivity contribution in [2.45, 2.75) is 32.6 Å². The minimum atomic E-state index is 0.611. The highest BCUT2D eigenvalue weighted by Gasteiger charge is 2.38. The van der Waals surface area contributed by atoms with Gasteiger partial charge in [0.05, 0.1) is 0 Å². The number of hydrogen-bond donors (Lipinski definition) is 1. The molecule has 1 N–H and O–H groups in total. The van der Waals surface area contributed by atoms with Crippen molar-refractivity contribution in [3.05, 3.63) is 34.9 Å². The first-order valence-electron chi connectivity index (χ1n) is 6.07. The van der Waals surface area contributed by atoms with Gasteiger partial charge in [0, 0.05) is 0 Å². The van der Waals surface area contributed by atoms with Crippen LogP contribution in [0.25, 0.3) is 0 Å². The lowest BCUT2D eigenvalue weighted by molar-refractivity contribution is 0.215. The molecule has 1 fully saturated rings. The summed E-state index contributed by atoms with van der Waals surface area (Å²) in [7, 11) is 0. The Hall–Kier alpha value is -0.820. The van der Waals surface area contributed by atoms with Crippen LogP contribution in [0.3, 0.4) is 0 Å². The molecule has 0 unspecified atom stereocenters. The molecule has 0 saturated carbocycles. The van der Waals surface area contributed by atoms with Crippen molar-refractivity contribution in [2.24, 2.45) is 5.41 Å². The summed E-state index contributed by atoms with van der Waals surface area (Å²) < 4.78 is 0. The van der Waals surface area contributed by atoms with E-state index in [4.69, 9.17) is 0 Å². The lowest BCUT2D eigenvalue weighted by Crippen LogP contribution is -2.37. The maximum atomic E-state index is 3.48. The third kappa shape index (κ3) is 1.50. The molecule has 15 heavy (non-hydrogen) atoms. The van der Waals surface area contributed by atoms with Gasteiger partial charge in [0.25, 0.3) is 0 Å². The van der Waals surface area contributed by atoms with E-state index in [0.717, 1.165) is 0 Å². The lowest BCUT2D eigenvalue weighted by atomic mass is 9.76. The van der Waals surface area contributed by atoms with Crippen molar-refractivity contribution in [1.29, 1.82) is 0 Å². The zero-order valence-corrected chi connectivity index (χ0v) is 9.47. The summed E-state index contributed by atoms with van der Waals surface area (Å²) in [5.41, 5.74) is 5.39. The number of fused-ring (bicyclic) bond motifs is 1. The van der Waals surface area contributed by atoms with Crippen LogP contribution in [-0.4, -0.2) is 13.1 Å². The van der Waals surface area contributed by atoms with Crippen LogP contribution in [-0.2, 0) is 12.8 Å². The molecule has 80 valence electrons. The van der Waals surface area contributed by atoms with E-state index < -0.39 is 0 Å². The predicted octanol–water partition coefficient (Wildman–Crippen LogP) is 2.46. The van der Waals surface area contributed by atoms with Gasteiger partial charge in [-0.2, -0.15) is 0 Å². The number of hydrogen-bond acceptors (Lipinski definition) is 1. The highest BCUT2D eigenvalue weighted by Crippen LogP contribution is 2.44. The average molecular weight is 201 g/mol. The van der Waals surface area contributed by atoms with Gasteiger partial charge in [0.1, 0.15) is 0 Å². The molecule has 1 saturated heterocycles. The summed E-state index contributed by atoms with van der Waals surface area (Å²) in [5.74, 6) is 0. The zero-order chi connectivity index (χ0) is 10.3. The number of aryl methyl sites for hydroxylation is 1. The normalized spacial score (nSPS) is 23.0. The smallest absolute Gasteiger partial charge is 0.00434 e. The van der Waals surface area contributed by atoms with Gasteiger partial charge in [-0.1, -0.05) is 18.2 Å². The van der Waals surface area contributed by atoms with Crippen molar-refractivity contribution in [3.63, 3.8) is 0 Å². The summed E-state index contributed by atoms with van der Waals surface area (Å²) >= 11 is 0. The summed E-state index contributed by atoms with van der Waals surface area (Å²) in [5, 5.41) is 3.48. The van der Waals surface area contributed by atoms with E-state index in [2.05, 4.69) is 30.4 Å². The molecular formula is C14H19N. The molecule has 2 aliphatic rings. The Kier molecular flexibility index (Phi) is 2.10. The van der Waals surface area contributed by atoms with Crippen molar-refractivity contribution < 1.29 is 0 Å². The van der Waals surface area contributed by atoms with Gasteiger partial charge in [0.15, 0.2) is 0 Å². The van der Waals surface area contributed by atoms with Crippen molar-refractivity contribution in [2.75, 3.05) is 13.1 Å². The molecule has 0 bridgehead atoms. The molecule has 1 aromatic carbocycles. The molecular weight excluding hydrogens is 182 g/mol. The number of rotatable bonds is 0. The molecule has 1 heteroatoms. The second-order valence-electron chi connectivity index (χ2n) is 5.32. The van der Waals surface area contributed by atoms with Crippen LogP contribution < -0.4 is 5.32 Å². The molecule has 0 radical (unpaired) electrons. The Morgan fingerprint density at radius 1 is 1.13 bits per heavy atom. The monoisotopic (exact) mass is 201 g/mol. The highest BCUT2D eigenvalue weighted by atomic mass is 14.9. The minimum Gasteiger partial charge on any atom is -0.317 e.